The first kappa shape index (κ1) is 15.1. The van der Waals surface area contributed by atoms with Gasteiger partial charge in [0.25, 0.3) is 0 Å². The van der Waals surface area contributed by atoms with E-state index in [2.05, 4.69) is 43.4 Å². The second-order valence-corrected chi connectivity index (χ2v) is 7.20. The maximum atomic E-state index is 3.83. The average molecular weight is 285 g/mol. The molecule has 0 bridgehead atoms. The molecule has 1 saturated carbocycles. The molecule has 116 valence electrons. The van der Waals surface area contributed by atoms with Gasteiger partial charge in [-0.2, -0.15) is 0 Å². The van der Waals surface area contributed by atoms with Crippen LogP contribution in [0, 0.1) is 11.8 Å². The first-order chi connectivity index (χ1) is 10.3. The van der Waals surface area contributed by atoms with E-state index in [0.717, 1.165) is 30.3 Å². The van der Waals surface area contributed by atoms with E-state index in [1.165, 1.54) is 44.9 Å². The van der Waals surface area contributed by atoms with Crippen molar-refractivity contribution in [2.45, 2.75) is 70.8 Å². The van der Waals surface area contributed by atoms with Crippen LogP contribution in [-0.4, -0.2) is 12.6 Å². The molecule has 1 aromatic carbocycles. The molecule has 0 radical (unpaired) electrons. The van der Waals surface area contributed by atoms with Gasteiger partial charge >= 0.3 is 0 Å². The fourth-order valence-electron chi connectivity index (χ4n) is 4.65. The quantitative estimate of drug-likeness (QED) is 0.783. The largest absolute Gasteiger partial charge is 0.314 e. The molecule has 0 spiro atoms. The molecule has 1 fully saturated rings. The van der Waals surface area contributed by atoms with Gasteiger partial charge in [-0.25, -0.2) is 0 Å². The Morgan fingerprint density at radius 3 is 2.81 bits per heavy atom. The molecule has 0 saturated heterocycles. The summed E-state index contributed by atoms with van der Waals surface area (Å²) in [5.74, 6) is 2.71. The minimum atomic E-state index is 0.739. The van der Waals surface area contributed by atoms with Crippen molar-refractivity contribution in [3.63, 3.8) is 0 Å². The van der Waals surface area contributed by atoms with E-state index in [4.69, 9.17) is 0 Å². The number of hydrogen-bond acceptors (Lipinski definition) is 1. The van der Waals surface area contributed by atoms with Crippen LogP contribution < -0.4 is 5.32 Å². The average Bonchev–Trinajstić information content (AvgIpc) is 2.51. The summed E-state index contributed by atoms with van der Waals surface area (Å²) in [6.07, 6.45) is 9.87. The van der Waals surface area contributed by atoms with Crippen molar-refractivity contribution in [3.8, 4) is 0 Å². The third-order valence-corrected chi connectivity index (χ3v) is 5.94. The second-order valence-electron chi connectivity index (χ2n) is 7.20. The molecule has 1 N–H and O–H groups in total. The van der Waals surface area contributed by atoms with Gasteiger partial charge in [-0.1, -0.05) is 57.4 Å². The van der Waals surface area contributed by atoms with Crippen LogP contribution in [0.15, 0.2) is 24.3 Å². The van der Waals surface area contributed by atoms with Gasteiger partial charge in [-0.15, -0.1) is 0 Å². The SMILES string of the molecule is CCNC(CC1Cc2ccccc21)C1CCCC(CC)C1. The van der Waals surface area contributed by atoms with E-state index in [0.29, 0.717) is 0 Å². The van der Waals surface area contributed by atoms with Gasteiger partial charge < -0.3 is 5.32 Å². The normalized spacial score (nSPS) is 29.5. The summed E-state index contributed by atoms with van der Waals surface area (Å²) in [6.45, 7) is 5.76. The Bertz CT molecular complexity index is 453. The Labute approximate surface area is 130 Å². The predicted octanol–water partition coefficient (Wildman–Crippen LogP) is 4.91. The Morgan fingerprint density at radius 2 is 2.05 bits per heavy atom. The molecule has 1 nitrogen and oxygen atoms in total. The van der Waals surface area contributed by atoms with E-state index in [9.17, 15) is 0 Å². The molecule has 0 aliphatic heterocycles. The van der Waals surface area contributed by atoms with Gasteiger partial charge in [-0.3, -0.25) is 0 Å². The highest BCUT2D eigenvalue weighted by atomic mass is 14.9. The van der Waals surface area contributed by atoms with Crippen molar-refractivity contribution in [2.24, 2.45) is 11.8 Å². The highest BCUT2D eigenvalue weighted by Crippen LogP contribution is 2.41. The molecule has 2 aliphatic rings. The zero-order valence-electron chi connectivity index (χ0n) is 13.8. The number of benzene rings is 1. The molecule has 0 heterocycles. The smallest absolute Gasteiger partial charge is 0.0101 e. The minimum absolute atomic E-state index is 0.739. The summed E-state index contributed by atoms with van der Waals surface area (Å²) in [5.41, 5.74) is 3.22. The second kappa shape index (κ2) is 6.96. The maximum Gasteiger partial charge on any atom is 0.0101 e. The van der Waals surface area contributed by atoms with Gasteiger partial charge in [0.2, 0.25) is 0 Å². The molecule has 2 aliphatic carbocycles. The molecule has 1 aromatic rings. The van der Waals surface area contributed by atoms with Crippen molar-refractivity contribution in [3.05, 3.63) is 35.4 Å². The summed E-state index contributed by atoms with van der Waals surface area (Å²) in [5, 5.41) is 3.83. The lowest BCUT2D eigenvalue weighted by Gasteiger charge is -2.39. The number of rotatable bonds is 6. The van der Waals surface area contributed by atoms with Crippen LogP contribution in [0.1, 0.15) is 69.4 Å². The Morgan fingerprint density at radius 1 is 1.19 bits per heavy atom. The van der Waals surface area contributed by atoms with E-state index >= 15 is 0 Å². The van der Waals surface area contributed by atoms with Crippen LogP contribution in [0.2, 0.25) is 0 Å². The van der Waals surface area contributed by atoms with Gasteiger partial charge in [0.1, 0.15) is 0 Å². The molecule has 3 rings (SSSR count). The molecular weight excluding hydrogens is 254 g/mol. The zero-order valence-corrected chi connectivity index (χ0v) is 13.8. The molecule has 21 heavy (non-hydrogen) atoms. The highest BCUT2D eigenvalue weighted by molar-refractivity contribution is 5.39. The summed E-state index contributed by atoms with van der Waals surface area (Å²) in [7, 11) is 0. The van der Waals surface area contributed by atoms with Crippen LogP contribution in [0.3, 0.4) is 0 Å². The van der Waals surface area contributed by atoms with E-state index in [1.807, 2.05) is 0 Å². The first-order valence-electron chi connectivity index (χ1n) is 9.13. The Kier molecular flexibility index (Phi) is 5.00. The fourth-order valence-corrected chi connectivity index (χ4v) is 4.65. The third kappa shape index (κ3) is 3.34. The lowest BCUT2D eigenvalue weighted by Crippen LogP contribution is -2.41. The summed E-state index contributed by atoms with van der Waals surface area (Å²) in [4.78, 5) is 0. The van der Waals surface area contributed by atoms with Crippen LogP contribution in [-0.2, 0) is 6.42 Å². The van der Waals surface area contributed by atoms with Crippen LogP contribution in [0.25, 0.3) is 0 Å². The topological polar surface area (TPSA) is 12.0 Å². The van der Waals surface area contributed by atoms with Crippen molar-refractivity contribution in [2.75, 3.05) is 6.54 Å². The van der Waals surface area contributed by atoms with Crippen LogP contribution in [0.5, 0.6) is 0 Å². The van der Waals surface area contributed by atoms with Crippen LogP contribution >= 0.6 is 0 Å². The van der Waals surface area contributed by atoms with Gasteiger partial charge in [0.05, 0.1) is 0 Å². The van der Waals surface area contributed by atoms with Gasteiger partial charge in [0.15, 0.2) is 0 Å². The van der Waals surface area contributed by atoms with E-state index in [-0.39, 0.29) is 0 Å². The van der Waals surface area contributed by atoms with E-state index in [1.54, 1.807) is 11.1 Å². The molecular formula is C20H31N. The highest BCUT2D eigenvalue weighted by Gasteiger charge is 2.33. The Balaban J connectivity index is 1.63. The molecule has 0 aromatic heterocycles. The monoisotopic (exact) mass is 285 g/mol. The molecule has 4 atom stereocenters. The molecule has 0 amide bonds. The lowest BCUT2D eigenvalue weighted by molar-refractivity contribution is 0.195. The third-order valence-electron chi connectivity index (χ3n) is 5.94. The lowest BCUT2D eigenvalue weighted by atomic mass is 9.70. The number of fused-ring (bicyclic) bond motifs is 1. The maximum absolute atomic E-state index is 3.83. The van der Waals surface area contributed by atoms with Crippen molar-refractivity contribution < 1.29 is 0 Å². The predicted molar refractivity (Wildman–Crippen MR) is 90.7 cm³/mol. The molecule has 4 unspecified atom stereocenters. The van der Waals surface area contributed by atoms with Gasteiger partial charge in [-0.05, 0) is 61.1 Å². The van der Waals surface area contributed by atoms with Gasteiger partial charge in [0, 0.05) is 6.04 Å². The van der Waals surface area contributed by atoms with Crippen molar-refractivity contribution in [1.29, 1.82) is 0 Å². The fraction of sp³-hybridized carbons (Fsp3) is 0.700. The minimum Gasteiger partial charge on any atom is -0.314 e. The molecule has 1 heteroatoms. The Hall–Kier alpha value is -0.820. The van der Waals surface area contributed by atoms with Crippen LogP contribution in [0.4, 0.5) is 0 Å². The summed E-state index contributed by atoms with van der Waals surface area (Å²) >= 11 is 0. The first-order valence-corrected chi connectivity index (χ1v) is 9.13. The zero-order chi connectivity index (χ0) is 14.7. The summed E-state index contributed by atoms with van der Waals surface area (Å²) in [6, 6.07) is 9.79. The number of nitrogens with one attached hydrogen (secondary N) is 1. The standard InChI is InChI=1S/C20H31N/c1-3-15-8-7-10-17(12-15)20(21-4-2)14-18-13-16-9-5-6-11-19(16)18/h5-6,9,11,15,17-18,20-21H,3-4,7-8,10,12-14H2,1-2H3. The van der Waals surface area contributed by atoms with Crippen molar-refractivity contribution in [1.82, 2.24) is 5.32 Å². The number of hydrogen-bond donors (Lipinski definition) is 1. The van der Waals surface area contributed by atoms with E-state index < -0.39 is 0 Å². The summed E-state index contributed by atoms with van der Waals surface area (Å²) < 4.78 is 0. The van der Waals surface area contributed by atoms with Crippen molar-refractivity contribution >= 4 is 0 Å².